The molecule has 0 aliphatic rings. The van der Waals surface area contributed by atoms with Gasteiger partial charge in [-0.05, 0) is 42.4 Å². The molecule has 3 rings (SSSR count). The summed E-state index contributed by atoms with van der Waals surface area (Å²) in [5.41, 5.74) is 4.01. The Balaban J connectivity index is 1.73. The average molecular weight is 366 g/mol. The summed E-state index contributed by atoms with van der Waals surface area (Å²) in [4.78, 5) is 11.7. The number of nitrogens with zero attached hydrogens (tertiary/aromatic N) is 1. The van der Waals surface area contributed by atoms with Gasteiger partial charge >= 0.3 is 5.97 Å². The molecule has 0 aliphatic heterocycles. The Labute approximate surface area is 157 Å². The lowest BCUT2D eigenvalue weighted by Crippen LogP contribution is -2.35. The van der Waals surface area contributed by atoms with E-state index in [0.29, 0.717) is 5.56 Å². The van der Waals surface area contributed by atoms with Gasteiger partial charge in [0, 0.05) is 17.4 Å². The van der Waals surface area contributed by atoms with Gasteiger partial charge in [0.05, 0.1) is 24.9 Å². The Morgan fingerprint density at radius 3 is 2.59 bits per heavy atom. The quantitative estimate of drug-likeness (QED) is 0.379. The van der Waals surface area contributed by atoms with Crippen LogP contribution in [0.2, 0.25) is 0 Å². The Bertz CT molecular complexity index is 879. The second-order valence-electron chi connectivity index (χ2n) is 6.04. The number of rotatable bonds is 7. The molecule has 0 saturated heterocycles. The van der Waals surface area contributed by atoms with Crippen molar-refractivity contribution >= 4 is 11.7 Å². The van der Waals surface area contributed by atoms with Crippen molar-refractivity contribution in [3.63, 3.8) is 0 Å². The van der Waals surface area contributed by atoms with E-state index in [4.69, 9.17) is 4.74 Å². The first-order chi connectivity index (χ1) is 13.1. The topological polar surface area (TPSA) is 99.3 Å². The molecule has 0 radical (unpaired) electrons. The Morgan fingerprint density at radius 2 is 1.96 bits per heavy atom. The van der Waals surface area contributed by atoms with Gasteiger partial charge in [-0.1, -0.05) is 24.3 Å². The van der Waals surface area contributed by atoms with Crippen molar-refractivity contribution in [3.8, 4) is 11.1 Å². The molecule has 2 atom stereocenters. The van der Waals surface area contributed by atoms with Crippen molar-refractivity contribution in [2.45, 2.75) is 12.3 Å². The minimum atomic E-state index is -0.900. The number of H-pyrrole nitrogens is 1. The summed E-state index contributed by atoms with van der Waals surface area (Å²) in [5, 5.41) is 23.5. The summed E-state index contributed by atoms with van der Waals surface area (Å²) in [5.74, 6) is -0.413. The lowest BCUT2D eigenvalue weighted by molar-refractivity contribution is 0.0600. The number of esters is 1. The van der Waals surface area contributed by atoms with Gasteiger partial charge in [-0.3, -0.25) is 5.10 Å². The zero-order valence-electron chi connectivity index (χ0n) is 15.1. The lowest BCUT2D eigenvalue weighted by Gasteiger charge is -2.25. The first-order valence-corrected chi connectivity index (χ1v) is 8.51. The van der Waals surface area contributed by atoms with Gasteiger partial charge < -0.3 is 20.5 Å². The summed E-state index contributed by atoms with van der Waals surface area (Å²) < 4.78 is 4.76. The van der Waals surface area contributed by atoms with Crippen molar-refractivity contribution in [1.82, 2.24) is 15.5 Å². The molecule has 7 heteroatoms. The zero-order chi connectivity index (χ0) is 19.2. The number of aliphatic hydroxyl groups is 1. The zero-order valence-corrected chi connectivity index (χ0v) is 15.1. The maximum atomic E-state index is 11.7. The number of ether oxygens (including phenoxy) is 1. The predicted octanol–water partition coefficient (Wildman–Crippen LogP) is 2.55. The molecular weight excluding hydrogens is 344 g/mol. The Morgan fingerprint density at radius 1 is 1.19 bits per heavy atom. The van der Waals surface area contributed by atoms with Crippen LogP contribution in [-0.2, 0) is 4.74 Å². The number of hydrogen-bond donors (Lipinski definition) is 4. The summed E-state index contributed by atoms with van der Waals surface area (Å²) in [6.45, 7) is 0. The van der Waals surface area contributed by atoms with Gasteiger partial charge in [0.1, 0.15) is 6.23 Å². The molecule has 0 aliphatic carbocycles. The molecule has 4 N–H and O–H groups in total. The van der Waals surface area contributed by atoms with E-state index in [1.807, 2.05) is 36.5 Å². The average Bonchev–Trinajstić information content (AvgIpc) is 3.23. The maximum Gasteiger partial charge on any atom is 0.337 e. The molecule has 0 amide bonds. The number of aromatic amines is 1. The fourth-order valence-corrected chi connectivity index (χ4v) is 2.91. The second kappa shape index (κ2) is 8.48. The number of benzene rings is 2. The van der Waals surface area contributed by atoms with Crippen LogP contribution >= 0.6 is 0 Å². The first kappa shape index (κ1) is 18.6. The maximum absolute atomic E-state index is 11.7. The molecule has 1 heterocycles. The van der Waals surface area contributed by atoms with Gasteiger partial charge in [0.2, 0.25) is 0 Å². The van der Waals surface area contributed by atoms with Crippen LogP contribution in [0.4, 0.5) is 5.69 Å². The summed E-state index contributed by atoms with van der Waals surface area (Å²) >= 11 is 0. The number of carbonyl (C=O) groups excluding carboxylic acids is 1. The molecule has 0 saturated carbocycles. The molecule has 3 aromatic rings. The Hall–Kier alpha value is -3.16. The molecule has 2 unspecified atom stereocenters. The molecule has 2 aromatic carbocycles. The van der Waals surface area contributed by atoms with E-state index in [0.717, 1.165) is 22.4 Å². The van der Waals surface area contributed by atoms with Crippen LogP contribution in [0, 0.1) is 0 Å². The fraction of sp³-hybridized carbons (Fsp3) is 0.200. The van der Waals surface area contributed by atoms with Crippen LogP contribution in [0.1, 0.15) is 22.0 Å². The minimum Gasteiger partial charge on any atom is -0.465 e. The summed E-state index contributed by atoms with van der Waals surface area (Å²) in [6, 6.07) is 14.3. The first-order valence-electron chi connectivity index (χ1n) is 8.51. The van der Waals surface area contributed by atoms with Crippen molar-refractivity contribution < 1.29 is 14.6 Å². The van der Waals surface area contributed by atoms with Crippen molar-refractivity contribution in [2.24, 2.45) is 0 Å². The standard InChI is InChI=1S/C20H22N4O3/c1-21-18(14-4-3-5-15(10-14)20(26)27-2)19(25)24-17-8-6-13(7-9-17)16-11-22-23-12-16/h3-12,18-19,21,24-25H,1-2H3,(H,22,23). The number of aromatic nitrogens is 2. The van der Waals surface area contributed by atoms with Crippen LogP contribution in [0.5, 0.6) is 0 Å². The number of carbonyl (C=O) groups is 1. The minimum absolute atomic E-state index is 0.413. The smallest absolute Gasteiger partial charge is 0.337 e. The van der Waals surface area contributed by atoms with Gasteiger partial charge in [-0.15, -0.1) is 0 Å². The van der Waals surface area contributed by atoms with E-state index < -0.39 is 18.2 Å². The van der Waals surface area contributed by atoms with Gasteiger partial charge in [0.15, 0.2) is 0 Å². The number of aliphatic hydroxyl groups excluding tert-OH is 1. The molecule has 27 heavy (non-hydrogen) atoms. The van der Waals surface area contributed by atoms with Crippen LogP contribution in [-0.4, -0.2) is 41.7 Å². The highest BCUT2D eigenvalue weighted by Gasteiger charge is 2.20. The van der Waals surface area contributed by atoms with E-state index in [1.165, 1.54) is 7.11 Å². The molecule has 0 spiro atoms. The Kier molecular flexibility index (Phi) is 5.85. The van der Waals surface area contributed by atoms with Crippen molar-refractivity contribution in [2.75, 3.05) is 19.5 Å². The number of methoxy groups -OCH3 is 1. The molecule has 0 fully saturated rings. The number of anilines is 1. The monoisotopic (exact) mass is 366 g/mol. The summed E-state index contributed by atoms with van der Waals surface area (Å²) in [7, 11) is 3.09. The largest absolute Gasteiger partial charge is 0.465 e. The molecular formula is C20H22N4O3. The molecule has 1 aromatic heterocycles. The van der Waals surface area contributed by atoms with Crippen LogP contribution in [0.3, 0.4) is 0 Å². The fourth-order valence-electron chi connectivity index (χ4n) is 2.91. The highest BCUT2D eigenvalue weighted by Crippen LogP contribution is 2.23. The summed E-state index contributed by atoms with van der Waals surface area (Å²) in [6.07, 6.45) is 2.67. The third-order valence-electron chi connectivity index (χ3n) is 4.32. The second-order valence-corrected chi connectivity index (χ2v) is 6.04. The molecule has 7 nitrogen and oxygen atoms in total. The predicted molar refractivity (Wildman–Crippen MR) is 103 cm³/mol. The molecule has 0 bridgehead atoms. The van der Waals surface area contributed by atoms with Crippen molar-refractivity contribution in [1.29, 1.82) is 0 Å². The highest BCUT2D eigenvalue weighted by molar-refractivity contribution is 5.89. The third-order valence-corrected chi connectivity index (χ3v) is 4.32. The van der Waals surface area contributed by atoms with Gasteiger partial charge in [-0.2, -0.15) is 5.10 Å². The number of nitrogens with one attached hydrogen (secondary N) is 3. The van der Waals surface area contributed by atoms with Crippen LogP contribution in [0.15, 0.2) is 60.9 Å². The SMILES string of the molecule is CNC(c1cccc(C(=O)OC)c1)C(O)Nc1ccc(-c2cn[nH]c2)cc1. The van der Waals surface area contributed by atoms with E-state index in [-0.39, 0.29) is 0 Å². The van der Waals surface area contributed by atoms with E-state index >= 15 is 0 Å². The van der Waals surface area contributed by atoms with E-state index in [2.05, 4.69) is 20.8 Å². The van der Waals surface area contributed by atoms with Crippen LogP contribution < -0.4 is 10.6 Å². The lowest BCUT2D eigenvalue weighted by atomic mass is 10.0. The third kappa shape index (κ3) is 4.33. The molecule has 140 valence electrons. The number of hydrogen-bond acceptors (Lipinski definition) is 6. The normalized spacial score (nSPS) is 13.0. The van der Waals surface area contributed by atoms with Crippen LogP contribution in [0.25, 0.3) is 11.1 Å². The highest BCUT2D eigenvalue weighted by atomic mass is 16.5. The van der Waals surface area contributed by atoms with Gasteiger partial charge in [0.25, 0.3) is 0 Å². The van der Waals surface area contributed by atoms with Gasteiger partial charge in [-0.25, -0.2) is 4.79 Å². The van der Waals surface area contributed by atoms with E-state index in [1.54, 1.807) is 31.4 Å². The van der Waals surface area contributed by atoms with E-state index in [9.17, 15) is 9.90 Å². The number of likely N-dealkylation sites (N-methyl/N-ethyl adjacent to an activating group) is 1. The van der Waals surface area contributed by atoms with Crippen molar-refractivity contribution in [3.05, 3.63) is 72.1 Å².